The van der Waals surface area contributed by atoms with Crippen molar-refractivity contribution in [2.45, 2.75) is 13.8 Å². The second kappa shape index (κ2) is 5.11. The number of sulfone groups is 1. The van der Waals surface area contributed by atoms with Crippen LogP contribution in [0.4, 0.5) is 5.82 Å². The fourth-order valence-corrected chi connectivity index (χ4v) is 1.85. The summed E-state index contributed by atoms with van der Waals surface area (Å²) in [6.45, 7) is 3.52. The lowest BCUT2D eigenvalue weighted by atomic mass is 10.5. The quantitative estimate of drug-likeness (QED) is 0.757. The second-order valence-corrected chi connectivity index (χ2v) is 5.85. The van der Waals surface area contributed by atoms with E-state index in [1.807, 2.05) is 0 Å². The molecule has 0 radical (unpaired) electrons. The van der Waals surface area contributed by atoms with Crippen molar-refractivity contribution in [2.24, 2.45) is 0 Å². The minimum absolute atomic E-state index is 0.0387. The lowest BCUT2D eigenvalue weighted by Gasteiger charge is -2.05. The first-order valence-electron chi connectivity index (χ1n) is 4.95. The van der Waals surface area contributed by atoms with Crippen LogP contribution in [0, 0.1) is 6.92 Å². The zero-order chi connectivity index (χ0) is 12.2. The summed E-state index contributed by atoms with van der Waals surface area (Å²) < 4.78 is 22.4. The van der Waals surface area contributed by atoms with Crippen LogP contribution in [0.5, 0.6) is 0 Å². The van der Waals surface area contributed by atoms with Crippen molar-refractivity contribution in [1.82, 2.24) is 9.97 Å². The lowest BCUT2D eigenvalue weighted by molar-refractivity contribution is 0.597. The molecule has 0 saturated heterocycles. The molecule has 2 N–H and O–H groups in total. The van der Waals surface area contributed by atoms with Gasteiger partial charge >= 0.3 is 0 Å². The van der Waals surface area contributed by atoms with E-state index in [2.05, 4.69) is 15.3 Å². The van der Waals surface area contributed by atoms with Crippen molar-refractivity contribution in [1.29, 1.82) is 0 Å². The molecule has 16 heavy (non-hydrogen) atoms. The van der Waals surface area contributed by atoms with Crippen molar-refractivity contribution in [3.8, 4) is 0 Å². The molecule has 0 aliphatic carbocycles. The van der Waals surface area contributed by atoms with Crippen LogP contribution >= 0.6 is 0 Å². The highest BCUT2D eigenvalue weighted by Gasteiger charge is 2.06. The Kier molecular flexibility index (Phi) is 4.05. The Morgan fingerprint density at radius 2 is 2.19 bits per heavy atom. The van der Waals surface area contributed by atoms with Crippen LogP contribution in [0.25, 0.3) is 0 Å². The molecule has 0 unspecified atom stereocenters. The number of anilines is 1. The van der Waals surface area contributed by atoms with Crippen molar-refractivity contribution in [3.63, 3.8) is 0 Å². The molecule has 0 aliphatic heterocycles. The van der Waals surface area contributed by atoms with Gasteiger partial charge in [0.25, 0.3) is 5.56 Å². The van der Waals surface area contributed by atoms with Gasteiger partial charge in [0, 0.05) is 18.4 Å². The van der Waals surface area contributed by atoms with Crippen LogP contribution in [0.3, 0.4) is 0 Å². The molecule has 7 heteroatoms. The van der Waals surface area contributed by atoms with E-state index < -0.39 is 9.84 Å². The Bertz CT molecular complexity index is 507. The van der Waals surface area contributed by atoms with Gasteiger partial charge in [0.05, 0.1) is 5.75 Å². The van der Waals surface area contributed by atoms with Gasteiger partial charge in [0.15, 0.2) is 9.84 Å². The van der Waals surface area contributed by atoms with E-state index in [0.717, 1.165) is 0 Å². The third kappa shape index (κ3) is 4.01. The maximum absolute atomic E-state index is 11.2. The van der Waals surface area contributed by atoms with E-state index in [-0.39, 0.29) is 23.6 Å². The highest BCUT2D eigenvalue weighted by molar-refractivity contribution is 7.91. The van der Waals surface area contributed by atoms with Gasteiger partial charge in [-0.15, -0.1) is 0 Å². The number of rotatable bonds is 5. The van der Waals surface area contributed by atoms with Gasteiger partial charge in [-0.3, -0.25) is 4.79 Å². The molecule has 0 atom stereocenters. The zero-order valence-electron chi connectivity index (χ0n) is 9.28. The monoisotopic (exact) mass is 245 g/mol. The molecule has 6 nitrogen and oxygen atoms in total. The van der Waals surface area contributed by atoms with Gasteiger partial charge in [0.1, 0.15) is 11.6 Å². The first-order valence-corrected chi connectivity index (χ1v) is 6.77. The third-order valence-electron chi connectivity index (χ3n) is 2.02. The standard InChI is InChI=1S/C9H15N3O3S/c1-3-16(14,15)5-4-10-8-6-9(13)12-7(2)11-8/h6H,3-5H2,1-2H3,(H2,10,11,12,13). The predicted octanol–water partition coefficient (Wildman–Crippen LogP) is -0.0751. The average molecular weight is 245 g/mol. The van der Waals surface area contributed by atoms with Crippen LogP contribution in [-0.2, 0) is 9.84 Å². The average Bonchev–Trinajstić information content (AvgIpc) is 2.16. The maximum atomic E-state index is 11.2. The first-order chi connectivity index (χ1) is 7.43. The SMILES string of the molecule is CCS(=O)(=O)CCNc1cc(=O)[nH]c(C)n1. The van der Waals surface area contributed by atoms with Crippen LogP contribution < -0.4 is 10.9 Å². The number of aromatic amines is 1. The van der Waals surface area contributed by atoms with Crippen LogP contribution in [0.15, 0.2) is 10.9 Å². The molecule has 0 spiro atoms. The topological polar surface area (TPSA) is 91.9 Å². The smallest absolute Gasteiger partial charge is 0.252 e. The van der Waals surface area contributed by atoms with E-state index >= 15 is 0 Å². The van der Waals surface area contributed by atoms with Gasteiger partial charge in [-0.05, 0) is 6.92 Å². The third-order valence-corrected chi connectivity index (χ3v) is 3.72. The Morgan fingerprint density at radius 1 is 1.50 bits per heavy atom. The molecule has 0 aromatic carbocycles. The molecule has 1 aromatic heterocycles. The zero-order valence-corrected chi connectivity index (χ0v) is 10.1. The molecular weight excluding hydrogens is 230 g/mol. The fourth-order valence-electron chi connectivity index (χ4n) is 1.15. The van der Waals surface area contributed by atoms with Crippen molar-refractivity contribution < 1.29 is 8.42 Å². The number of nitrogens with zero attached hydrogens (tertiary/aromatic N) is 1. The molecule has 0 bridgehead atoms. The van der Waals surface area contributed by atoms with E-state index in [9.17, 15) is 13.2 Å². The van der Waals surface area contributed by atoms with Crippen LogP contribution in [-0.4, -0.2) is 36.4 Å². The Hall–Kier alpha value is -1.37. The Morgan fingerprint density at radius 3 is 2.75 bits per heavy atom. The van der Waals surface area contributed by atoms with Gasteiger partial charge in [0.2, 0.25) is 0 Å². The predicted molar refractivity (Wildman–Crippen MR) is 62.4 cm³/mol. The summed E-state index contributed by atoms with van der Waals surface area (Å²) in [6.07, 6.45) is 0. The molecule has 0 aliphatic rings. The molecule has 1 aromatic rings. The van der Waals surface area contributed by atoms with Gasteiger partial charge in [-0.25, -0.2) is 13.4 Å². The Labute approximate surface area is 94.0 Å². The molecule has 1 rings (SSSR count). The second-order valence-electron chi connectivity index (χ2n) is 3.38. The summed E-state index contributed by atoms with van der Waals surface area (Å²) in [7, 11) is -2.99. The number of hydrogen-bond acceptors (Lipinski definition) is 5. The van der Waals surface area contributed by atoms with E-state index in [1.165, 1.54) is 6.07 Å². The molecule has 0 amide bonds. The maximum Gasteiger partial charge on any atom is 0.252 e. The first kappa shape index (κ1) is 12.7. The van der Waals surface area contributed by atoms with Gasteiger partial charge in [-0.2, -0.15) is 0 Å². The fraction of sp³-hybridized carbons (Fsp3) is 0.556. The normalized spacial score (nSPS) is 11.4. The lowest BCUT2D eigenvalue weighted by Crippen LogP contribution is -2.19. The molecule has 0 saturated carbocycles. The van der Waals surface area contributed by atoms with E-state index in [0.29, 0.717) is 11.6 Å². The summed E-state index contributed by atoms with van der Waals surface area (Å²) in [6, 6.07) is 1.30. The molecule has 90 valence electrons. The summed E-state index contributed by atoms with van der Waals surface area (Å²) in [5.41, 5.74) is -0.256. The van der Waals surface area contributed by atoms with Gasteiger partial charge < -0.3 is 10.3 Å². The van der Waals surface area contributed by atoms with E-state index in [4.69, 9.17) is 0 Å². The van der Waals surface area contributed by atoms with Crippen molar-refractivity contribution in [2.75, 3.05) is 23.4 Å². The van der Waals surface area contributed by atoms with Crippen LogP contribution in [0.1, 0.15) is 12.7 Å². The van der Waals surface area contributed by atoms with E-state index in [1.54, 1.807) is 13.8 Å². The van der Waals surface area contributed by atoms with Crippen LogP contribution in [0.2, 0.25) is 0 Å². The minimum Gasteiger partial charge on any atom is -0.369 e. The molecule has 0 fully saturated rings. The summed E-state index contributed by atoms with van der Waals surface area (Å²) in [5, 5.41) is 2.81. The minimum atomic E-state index is -2.99. The van der Waals surface area contributed by atoms with Crippen molar-refractivity contribution in [3.05, 3.63) is 22.2 Å². The number of H-pyrrole nitrogens is 1. The molecule has 1 heterocycles. The highest BCUT2D eigenvalue weighted by Crippen LogP contribution is 1.98. The van der Waals surface area contributed by atoms with Gasteiger partial charge in [-0.1, -0.05) is 6.92 Å². The number of nitrogens with one attached hydrogen (secondary N) is 2. The largest absolute Gasteiger partial charge is 0.369 e. The Balaban J connectivity index is 2.59. The number of aryl methyl sites for hydroxylation is 1. The number of hydrogen-bond donors (Lipinski definition) is 2. The summed E-state index contributed by atoms with van der Waals surface area (Å²) in [5.74, 6) is 1.05. The number of aromatic nitrogens is 2. The summed E-state index contributed by atoms with van der Waals surface area (Å²) in [4.78, 5) is 17.6. The summed E-state index contributed by atoms with van der Waals surface area (Å²) >= 11 is 0. The van der Waals surface area contributed by atoms with Crippen molar-refractivity contribution >= 4 is 15.7 Å². The molecular formula is C9H15N3O3S. The highest BCUT2D eigenvalue weighted by atomic mass is 32.2.